The van der Waals surface area contributed by atoms with Gasteiger partial charge in [0.1, 0.15) is 0 Å². The third-order valence-electron chi connectivity index (χ3n) is 2.18. The highest BCUT2D eigenvalue weighted by Crippen LogP contribution is 2.23. The summed E-state index contributed by atoms with van der Waals surface area (Å²) in [5.41, 5.74) is 0. The molecule has 1 heterocycles. The van der Waals surface area contributed by atoms with Gasteiger partial charge >= 0.3 is 0 Å². The van der Waals surface area contributed by atoms with Gasteiger partial charge in [-0.05, 0) is 26.4 Å². The van der Waals surface area contributed by atoms with E-state index in [1.807, 2.05) is 7.05 Å². The van der Waals surface area contributed by atoms with E-state index in [0.29, 0.717) is 4.05 Å². The Bertz CT molecular complexity index is 121. The molecule has 0 aromatic carbocycles. The molecule has 0 bridgehead atoms. The first-order chi connectivity index (χ1) is 5.29. The molecule has 0 spiro atoms. The van der Waals surface area contributed by atoms with Crippen molar-refractivity contribution in [3.05, 3.63) is 0 Å². The van der Waals surface area contributed by atoms with Crippen molar-refractivity contribution in [3.63, 3.8) is 0 Å². The molecule has 1 aliphatic heterocycles. The Labute approximate surface area is 95.8 Å². The molecule has 0 aromatic rings. The zero-order valence-corrected chi connectivity index (χ0v) is 11.0. The maximum absolute atomic E-state index is 3.31. The van der Waals surface area contributed by atoms with E-state index in [4.69, 9.17) is 0 Å². The summed E-state index contributed by atoms with van der Waals surface area (Å²) in [7, 11) is 2.04. The minimum Gasteiger partial charge on any atom is -0.307 e. The van der Waals surface area contributed by atoms with Gasteiger partial charge in [0, 0.05) is 6.04 Å². The van der Waals surface area contributed by atoms with Crippen LogP contribution in [-0.2, 0) is 0 Å². The minimum absolute atomic E-state index is 0.616. The highest BCUT2D eigenvalue weighted by atomic mass is 127. The van der Waals surface area contributed by atoms with Crippen molar-refractivity contribution in [2.75, 3.05) is 18.1 Å². The van der Waals surface area contributed by atoms with Crippen LogP contribution < -0.4 is 5.32 Å². The quantitative estimate of drug-likeness (QED) is 0.457. The minimum atomic E-state index is 0.616. The lowest BCUT2D eigenvalue weighted by atomic mass is 10.2. The first-order valence-electron chi connectivity index (χ1n) is 3.91. The third-order valence-corrected chi connectivity index (χ3v) is 4.51. The summed E-state index contributed by atoms with van der Waals surface area (Å²) >= 11 is 4.94. The Morgan fingerprint density at radius 1 is 1.73 bits per heavy atom. The van der Waals surface area contributed by atoms with Crippen molar-refractivity contribution < 1.29 is 0 Å². The average Bonchev–Trinajstić information content (AvgIpc) is 2.50. The number of likely N-dealkylation sites (N-methyl/N-ethyl adjacent to an activating group) is 1. The standard InChI is InChI=1S/C7H14I2N2/c1-10-7(9)6-3-2-4-11(6)5-8/h6-7,10H,2-5H2,1H3/t6?,7-/m0/s1. The second-order valence-electron chi connectivity index (χ2n) is 2.83. The van der Waals surface area contributed by atoms with E-state index in [-0.39, 0.29) is 0 Å². The van der Waals surface area contributed by atoms with Crippen LogP contribution in [0, 0.1) is 0 Å². The molecule has 0 saturated carbocycles. The van der Waals surface area contributed by atoms with Crippen LogP contribution in [0.3, 0.4) is 0 Å². The number of nitrogens with zero attached hydrogens (tertiary/aromatic N) is 1. The van der Waals surface area contributed by atoms with Crippen LogP contribution in [-0.4, -0.2) is 33.1 Å². The van der Waals surface area contributed by atoms with Crippen molar-refractivity contribution in [2.45, 2.75) is 22.9 Å². The van der Waals surface area contributed by atoms with Crippen molar-refractivity contribution in [1.29, 1.82) is 0 Å². The van der Waals surface area contributed by atoms with Crippen LogP contribution in [0.25, 0.3) is 0 Å². The van der Waals surface area contributed by atoms with Gasteiger partial charge in [-0.2, -0.15) is 0 Å². The molecule has 4 heteroatoms. The summed E-state index contributed by atoms with van der Waals surface area (Å²) in [6.07, 6.45) is 2.73. The van der Waals surface area contributed by atoms with Crippen molar-refractivity contribution in [1.82, 2.24) is 10.2 Å². The Balaban J connectivity index is 2.42. The normalized spacial score (nSPS) is 29.2. The molecule has 0 aliphatic carbocycles. The maximum atomic E-state index is 3.31. The lowest BCUT2D eigenvalue weighted by Crippen LogP contribution is -2.41. The molecule has 0 amide bonds. The molecule has 11 heavy (non-hydrogen) atoms. The van der Waals surface area contributed by atoms with Gasteiger partial charge in [0.15, 0.2) is 0 Å². The molecule has 2 nitrogen and oxygen atoms in total. The van der Waals surface area contributed by atoms with E-state index >= 15 is 0 Å². The van der Waals surface area contributed by atoms with Crippen molar-refractivity contribution in [2.24, 2.45) is 0 Å². The Kier molecular flexibility index (Phi) is 4.93. The first-order valence-corrected chi connectivity index (χ1v) is 6.68. The van der Waals surface area contributed by atoms with Gasteiger partial charge in [0.25, 0.3) is 0 Å². The van der Waals surface area contributed by atoms with Crippen LogP contribution in [0.2, 0.25) is 0 Å². The van der Waals surface area contributed by atoms with Gasteiger partial charge in [-0.3, -0.25) is 4.90 Å². The molecule has 66 valence electrons. The predicted octanol–water partition coefficient (Wildman–Crippen LogP) is 1.82. The highest BCUT2D eigenvalue weighted by molar-refractivity contribution is 14.1. The van der Waals surface area contributed by atoms with Crippen LogP contribution in [0.5, 0.6) is 0 Å². The average molecular weight is 380 g/mol. The number of likely N-dealkylation sites (tertiary alicyclic amines) is 1. The van der Waals surface area contributed by atoms with Gasteiger partial charge in [-0.1, -0.05) is 45.2 Å². The molecule has 1 fully saturated rings. The number of halogens is 2. The summed E-state index contributed by atoms with van der Waals surface area (Å²) < 4.78 is 1.79. The fourth-order valence-electron chi connectivity index (χ4n) is 1.52. The number of nitrogens with one attached hydrogen (secondary N) is 1. The second-order valence-corrected chi connectivity index (χ2v) is 4.86. The van der Waals surface area contributed by atoms with Crippen LogP contribution >= 0.6 is 45.2 Å². The van der Waals surface area contributed by atoms with Gasteiger partial charge in [0.05, 0.1) is 8.60 Å². The smallest absolute Gasteiger partial charge is 0.0749 e. The van der Waals surface area contributed by atoms with Crippen molar-refractivity contribution in [3.8, 4) is 0 Å². The summed E-state index contributed by atoms with van der Waals surface area (Å²) in [5.74, 6) is 0. The van der Waals surface area contributed by atoms with Crippen LogP contribution in [0.1, 0.15) is 12.8 Å². The number of hydrogen-bond acceptors (Lipinski definition) is 2. The maximum Gasteiger partial charge on any atom is 0.0749 e. The molecular formula is C7H14I2N2. The molecule has 1 unspecified atom stereocenters. The lowest BCUT2D eigenvalue weighted by Gasteiger charge is -2.26. The fraction of sp³-hybridized carbons (Fsp3) is 1.00. The largest absolute Gasteiger partial charge is 0.307 e. The van der Waals surface area contributed by atoms with Gasteiger partial charge in [-0.15, -0.1) is 0 Å². The lowest BCUT2D eigenvalue weighted by molar-refractivity contribution is 0.293. The summed E-state index contributed by atoms with van der Waals surface area (Å²) in [6, 6.07) is 0.762. The Hall–Kier alpha value is 1.38. The van der Waals surface area contributed by atoms with E-state index in [1.54, 1.807) is 0 Å². The highest BCUT2D eigenvalue weighted by Gasteiger charge is 2.28. The van der Waals surface area contributed by atoms with Gasteiger partial charge in [-0.25, -0.2) is 0 Å². The van der Waals surface area contributed by atoms with Crippen LogP contribution in [0.15, 0.2) is 0 Å². The second kappa shape index (κ2) is 5.18. The predicted molar refractivity (Wildman–Crippen MR) is 65.5 cm³/mol. The van der Waals surface area contributed by atoms with E-state index in [1.165, 1.54) is 23.9 Å². The molecule has 1 rings (SSSR count). The van der Waals surface area contributed by atoms with E-state index in [0.717, 1.165) is 6.04 Å². The first kappa shape index (κ1) is 10.5. The molecular weight excluding hydrogens is 366 g/mol. The fourth-order valence-corrected chi connectivity index (χ4v) is 3.19. The zero-order valence-electron chi connectivity index (χ0n) is 6.69. The van der Waals surface area contributed by atoms with E-state index in [2.05, 4.69) is 55.4 Å². The topological polar surface area (TPSA) is 15.3 Å². The van der Waals surface area contributed by atoms with E-state index < -0.39 is 0 Å². The van der Waals surface area contributed by atoms with Gasteiger partial charge < -0.3 is 5.32 Å². The van der Waals surface area contributed by atoms with Crippen molar-refractivity contribution >= 4 is 45.2 Å². The summed E-state index contributed by atoms with van der Waals surface area (Å²) in [5, 5.41) is 3.31. The van der Waals surface area contributed by atoms with Gasteiger partial charge in [0.2, 0.25) is 0 Å². The third kappa shape index (κ3) is 2.67. The SMILES string of the molecule is CN[C@H](I)C1CCCN1CI. The Morgan fingerprint density at radius 2 is 2.45 bits per heavy atom. The zero-order chi connectivity index (χ0) is 8.27. The molecule has 0 radical (unpaired) electrons. The molecule has 1 aliphatic rings. The molecule has 1 N–H and O–H groups in total. The Morgan fingerprint density at radius 3 is 3.00 bits per heavy atom. The monoisotopic (exact) mass is 380 g/mol. The molecule has 1 saturated heterocycles. The number of alkyl halides is 2. The molecule has 0 aromatic heterocycles. The number of rotatable bonds is 3. The summed E-state index contributed by atoms with van der Waals surface area (Å²) in [6.45, 7) is 1.29. The summed E-state index contributed by atoms with van der Waals surface area (Å²) in [4.78, 5) is 2.55. The number of hydrogen-bond donors (Lipinski definition) is 1. The molecule has 2 atom stereocenters. The van der Waals surface area contributed by atoms with Crippen LogP contribution in [0.4, 0.5) is 0 Å². The van der Waals surface area contributed by atoms with E-state index in [9.17, 15) is 0 Å².